The molecule has 4 nitrogen and oxygen atoms in total. The summed E-state index contributed by atoms with van der Waals surface area (Å²) in [7, 11) is 0. The van der Waals surface area contributed by atoms with Crippen LogP contribution in [-0.4, -0.2) is 25.2 Å². The Morgan fingerprint density at radius 2 is 1.37 bits per heavy atom. The zero-order chi connectivity index (χ0) is 15.1. The molecule has 19 heavy (non-hydrogen) atoms. The van der Waals surface area contributed by atoms with Crippen LogP contribution in [0.1, 0.15) is 54.4 Å². The van der Waals surface area contributed by atoms with Gasteiger partial charge in [-0.2, -0.15) is 0 Å². The van der Waals surface area contributed by atoms with Gasteiger partial charge in [-0.3, -0.25) is 9.59 Å². The molecule has 0 aromatic carbocycles. The Morgan fingerprint density at radius 1 is 0.947 bits per heavy atom. The van der Waals surface area contributed by atoms with E-state index in [4.69, 9.17) is 9.47 Å². The van der Waals surface area contributed by atoms with E-state index in [-0.39, 0.29) is 19.1 Å². The molecule has 0 bridgehead atoms. The summed E-state index contributed by atoms with van der Waals surface area (Å²) >= 11 is 0. The molecule has 0 spiro atoms. The van der Waals surface area contributed by atoms with Gasteiger partial charge in [-0.1, -0.05) is 27.7 Å². The molecule has 0 atom stereocenters. The molecule has 0 saturated heterocycles. The summed E-state index contributed by atoms with van der Waals surface area (Å²) in [5.74, 6) is -0.639. The molecule has 0 aromatic heterocycles. The average Bonchev–Trinajstić information content (AvgIpc) is 2.29. The van der Waals surface area contributed by atoms with Crippen LogP contribution < -0.4 is 0 Å². The first-order valence-corrected chi connectivity index (χ1v) is 7.17. The lowest BCUT2D eigenvalue weighted by Gasteiger charge is -2.33. The van der Waals surface area contributed by atoms with E-state index >= 15 is 0 Å². The highest BCUT2D eigenvalue weighted by molar-refractivity contribution is 6.00. The normalized spacial score (nSPS) is 11.8. The largest absolute Gasteiger partial charge is 0.465 e. The molecule has 0 amide bonds. The molecule has 0 aliphatic heterocycles. The summed E-state index contributed by atoms with van der Waals surface area (Å²) in [5.41, 5.74) is -1.17. The van der Waals surface area contributed by atoms with Crippen LogP contribution in [0, 0.1) is 17.3 Å². The molecule has 112 valence electrons. The highest BCUT2D eigenvalue weighted by Gasteiger charge is 2.51. The highest BCUT2D eigenvalue weighted by Crippen LogP contribution is 2.37. The van der Waals surface area contributed by atoms with Gasteiger partial charge in [0.25, 0.3) is 0 Å². The smallest absolute Gasteiger partial charge is 0.323 e. The zero-order valence-corrected chi connectivity index (χ0v) is 13.1. The number of carbonyl (C=O) groups is 2. The highest BCUT2D eigenvalue weighted by atomic mass is 16.6. The second kappa shape index (κ2) is 8.18. The molecular formula is C15H28O4. The van der Waals surface area contributed by atoms with Crippen molar-refractivity contribution < 1.29 is 19.1 Å². The maximum absolute atomic E-state index is 12.3. The Bertz CT molecular complexity index is 277. The molecule has 0 saturated carbocycles. The van der Waals surface area contributed by atoms with Crippen LogP contribution in [0.2, 0.25) is 0 Å². The third-order valence-corrected chi connectivity index (χ3v) is 3.38. The maximum Gasteiger partial charge on any atom is 0.323 e. The van der Waals surface area contributed by atoms with E-state index < -0.39 is 17.4 Å². The molecule has 0 unspecified atom stereocenters. The molecule has 0 heterocycles. The fourth-order valence-electron chi connectivity index (χ4n) is 2.08. The first-order chi connectivity index (χ1) is 8.82. The topological polar surface area (TPSA) is 52.6 Å². The summed E-state index contributed by atoms with van der Waals surface area (Å²) in [5, 5.41) is 0. The standard InChI is InChI=1S/C15H28O4/c1-7-18-13(16)15(12(5)6,10-9-11(3)4)14(17)19-8-2/h11-12H,7-10H2,1-6H3. The van der Waals surface area contributed by atoms with Gasteiger partial charge in [0, 0.05) is 0 Å². The predicted molar refractivity (Wildman–Crippen MR) is 74.6 cm³/mol. The van der Waals surface area contributed by atoms with E-state index in [2.05, 4.69) is 13.8 Å². The monoisotopic (exact) mass is 272 g/mol. The summed E-state index contributed by atoms with van der Waals surface area (Å²) in [6.07, 6.45) is 1.26. The number of carbonyl (C=O) groups excluding carboxylic acids is 2. The first kappa shape index (κ1) is 17.9. The van der Waals surface area contributed by atoms with Gasteiger partial charge in [-0.25, -0.2) is 0 Å². The van der Waals surface area contributed by atoms with E-state index in [9.17, 15) is 9.59 Å². The van der Waals surface area contributed by atoms with Gasteiger partial charge >= 0.3 is 11.9 Å². The Labute approximate surface area is 116 Å². The molecule has 0 aromatic rings. The minimum atomic E-state index is -1.17. The Hall–Kier alpha value is -1.06. The van der Waals surface area contributed by atoms with Crippen LogP contribution in [0.15, 0.2) is 0 Å². The number of esters is 2. The summed E-state index contributed by atoms with van der Waals surface area (Å²) in [6, 6.07) is 0. The van der Waals surface area contributed by atoms with Crippen molar-refractivity contribution >= 4 is 11.9 Å². The van der Waals surface area contributed by atoms with Gasteiger partial charge in [-0.05, 0) is 38.5 Å². The predicted octanol–water partition coefficient (Wildman–Crippen LogP) is 3.19. The van der Waals surface area contributed by atoms with Crippen molar-refractivity contribution in [2.24, 2.45) is 17.3 Å². The quantitative estimate of drug-likeness (QED) is 0.503. The van der Waals surface area contributed by atoms with Gasteiger partial charge in [0.05, 0.1) is 13.2 Å². The maximum atomic E-state index is 12.3. The lowest BCUT2D eigenvalue weighted by atomic mass is 9.72. The SMILES string of the molecule is CCOC(=O)C(CCC(C)C)(C(=O)OCC)C(C)C. The number of rotatable bonds is 8. The molecule has 0 aliphatic rings. The third-order valence-electron chi connectivity index (χ3n) is 3.38. The van der Waals surface area contributed by atoms with E-state index in [0.29, 0.717) is 12.3 Å². The van der Waals surface area contributed by atoms with Gasteiger partial charge < -0.3 is 9.47 Å². The molecular weight excluding hydrogens is 244 g/mol. The van der Waals surface area contributed by atoms with Crippen molar-refractivity contribution in [3.05, 3.63) is 0 Å². The van der Waals surface area contributed by atoms with Crippen LogP contribution in [0.5, 0.6) is 0 Å². The van der Waals surface area contributed by atoms with E-state index in [0.717, 1.165) is 6.42 Å². The second-order valence-electron chi connectivity index (χ2n) is 5.50. The fraction of sp³-hybridized carbons (Fsp3) is 0.867. The van der Waals surface area contributed by atoms with Crippen LogP contribution in [0.4, 0.5) is 0 Å². The average molecular weight is 272 g/mol. The van der Waals surface area contributed by atoms with Crippen LogP contribution >= 0.6 is 0 Å². The van der Waals surface area contributed by atoms with E-state index in [1.165, 1.54) is 0 Å². The molecule has 0 fully saturated rings. The molecule has 0 N–H and O–H groups in total. The molecule has 0 radical (unpaired) electrons. The Balaban J connectivity index is 5.33. The Kier molecular flexibility index (Phi) is 7.72. The molecule has 0 aliphatic carbocycles. The minimum absolute atomic E-state index is 0.149. The first-order valence-electron chi connectivity index (χ1n) is 7.17. The van der Waals surface area contributed by atoms with Gasteiger partial charge in [-0.15, -0.1) is 0 Å². The number of hydrogen-bond acceptors (Lipinski definition) is 4. The lowest BCUT2D eigenvalue weighted by molar-refractivity contribution is -0.177. The van der Waals surface area contributed by atoms with Gasteiger partial charge in [0.2, 0.25) is 0 Å². The summed E-state index contributed by atoms with van der Waals surface area (Å²) in [4.78, 5) is 24.6. The van der Waals surface area contributed by atoms with Crippen molar-refractivity contribution in [3.63, 3.8) is 0 Å². The second-order valence-corrected chi connectivity index (χ2v) is 5.50. The van der Waals surface area contributed by atoms with Gasteiger partial charge in [0.15, 0.2) is 5.41 Å². The van der Waals surface area contributed by atoms with Crippen molar-refractivity contribution in [2.75, 3.05) is 13.2 Å². The molecule has 4 heteroatoms. The van der Waals surface area contributed by atoms with E-state index in [1.807, 2.05) is 13.8 Å². The van der Waals surface area contributed by atoms with Crippen molar-refractivity contribution in [2.45, 2.75) is 54.4 Å². The van der Waals surface area contributed by atoms with Crippen LogP contribution in [0.3, 0.4) is 0 Å². The van der Waals surface area contributed by atoms with Crippen molar-refractivity contribution in [3.8, 4) is 0 Å². The Morgan fingerprint density at radius 3 is 1.63 bits per heavy atom. The van der Waals surface area contributed by atoms with Crippen LogP contribution in [0.25, 0.3) is 0 Å². The number of hydrogen-bond donors (Lipinski definition) is 0. The molecule has 0 rings (SSSR count). The fourth-order valence-corrected chi connectivity index (χ4v) is 2.08. The summed E-state index contributed by atoms with van der Waals surface area (Å²) in [6.45, 7) is 11.9. The van der Waals surface area contributed by atoms with Crippen molar-refractivity contribution in [1.82, 2.24) is 0 Å². The number of ether oxygens (including phenoxy) is 2. The van der Waals surface area contributed by atoms with Crippen LogP contribution in [-0.2, 0) is 19.1 Å². The minimum Gasteiger partial charge on any atom is -0.465 e. The van der Waals surface area contributed by atoms with E-state index in [1.54, 1.807) is 13.8 Å². The third kappa shape index (κ3) is 4.51. The van der Waals surface area contributed by atoms with Crippen molar-refractivity contribution in [1.29, 1.82) is 0 Å². The lowest BCUT2D eigenvalue weighted by Crippen LogP contribution is -2.46. The zero-order valence-electron chi connectivity index (χ0n) is 13.1. The summed E-state index contributed by atoms with van der Waals surface area (Å²) < 4.78 is 10.3. The van der Waals surface area contributed by atoms with Gasteiger partial charge in [0.1, 0.15) is 0 Å².